The molecule has 4 rings (SSSR count). The zero-order chi connectivity index (χ0) is 22.9. The Morgan fingerprint density at radius 2 is 2.03 bits per heavy atom. The monoisotopic (exact) mass is 475 g/mol. The molecule has 1 saturated heterocycles. The molecule has 1 amide bonds. The lowest BCUT2D eigenvalue weighted by molar-refractivity contribution is -0.149. The summed E-state index contributed by atoms with van der Waals surface area (Å²) in [7, 11) is 3.26. The van der Waals surface area contributed by atoms with Gasteiger partial charge in [0.25, 0.3) is 0 Å². The zero-order valence-corrected chi connectivity index (χ0v) is 19.8. The third-order valence-electron chi connectivity index (χ3n) is 5.97. The molecule has 0 aromatic heterocycles. The van der Waals surface area contributed by atoms with Crippen LogP contribution in [0.15, 0.2) is 42.5 Å². The van der Waals surface area contributed by atoms with Crippen LogP contribution in [0, 0.1) is 5.92 Å². The van der Waals surface area contributed by atoms with Gasteiger partial charge in [0, 0.05) is 36.5 Å². The summed E-state index contributed by atoms with van der Waals surface area (Å²) >= 11 is 11.7. The standard InChI is InChI=1S/C23H26ClN3O4S/c1-23-18(21(28)25-15-10-8-14(24)9-11-15)19(26-22(32)27(23)12-5-13-29-2)16-6-4-7-17(30-3)20(16)31-23/h4,6-11,18-19H,5,12-13H2,1-3H3,(H,25,28)(H,26,32). The van der Waals surface area contributed by atoms with Crippen LogP contribution in [0.4, 0.5) is 5.69 Å². The Labute approximate surface area is 198 Å². The van der Waals surface area contributed by atoms with Crippen molar-refractivity contribution in [3.05, 3.63) is 53.1 Å². The van der Waals surface area contributed by atoms with E-state index in [1.165, 1.54) is 0 Å². The molecule has 0 radical (unpaired) electrons. The number of carbonyl (C=O) groups is 1. The molecular formula is C23H26ClN3O4S. The lowest BCUT2D eigenvalue weighted by Crippen LogP contribution is -2.71. The van der Waals surface area contributed by atoms with Crippen LogP contribution in [-0.2, 0) is 9.53 Å². The number of rotatable bonds is 7. The highest BCUT2D eigenvalue weighted by molar-refractivity contribution is 7.80. The second-order valence-electron chi connectivity index (χ2n) is 7.93. The maximum atomic E-state index is 13.6. The van der Waals surface area contributed by atoms with Gasteiger partial charge in [0.1, 0.15) is 5.92 Å². The highest BCUT2D eigenvalue weighted by Crippen LogP contribution is 2.51. The van der Waals surface area contributed by atoms with Gasteiger partial charge in [-0.25, -0.2) is 0 Å². The van der Waals surface area contributed by atoms with Crippen LogP contribution in [0.1, 0.15) is 24.9 Å². The largest absolute Gasteiger partial charge is 0.493 e. The number of thiocarbonyl (C=S) groups is 1. The third-order valence-corrected chi connectivity index (χ3v) is 6.56. The van der Waals surface area contributed by atoms with Gasteiger partial charge in [-0.3, -0.25) is 4.79 Å². The fourth-order valence-corrected chi connectivity index (χ4v) is 4.97. The van der Waals surface area contributed by atoms with Crippen molar-refractivity contribution < 1.29 is 19.0 Å². The van der Waals surface area contributed by atoms with Gasteiger partial charge in [-0.2, -0.15) is 0 Å². The van der Waals surface area contributed by atoms with Gasteiger partial charge >= 0.3 is 0 Å². The SMILES string of the molecule is COCCCN1C(=S)NC2c3cccc(OC)c3OC1(C)C2C(=O)Nc1ccc(Cl)cc1. The van der Waals surface area contributed by atoms with Gasteiger partial charge in [0.15, 0.2) is 22.3 Å². The number of nitrogens with zero attached hydrogens (tertiary/aromatic N) is 1. The highest BCUT2D eigenvalue weighted by atomic mass is 35.5. The van der Waals surface area contributed by atoms with E-state index in [0.717, 1.165) is 12.0 Å². The number of anilines is 1. The van der Waals surface area contributed by atoms with E-state index in [-0.39, 0.29) is 11.9 Å². The molecule has 1 fully saturated rings. The first-order valence-corrected chi connectivity index (χ1v) is 11.2. The molecule has 170 valence electrons. The molecule has 2 N–H and O–H groups in total. The number of para-hydroxylation sites is 1. The van der Waals surface area contributed by atoms with Crippen LogP contribution in [0.2, 0.25) is 5.02 Å². The Bertz CT molecular complexity index is 1020. The molecule has 2 aromatic rings. The quantitative estimate of drug-likeness (QED) is 0.463. The Kier molecular flexibility index (Phi) is 6.46. The van der Waals surface area contributed by atoms with E-state index in [9.17, 15) is 4.79 Å². The number of benzene rings is 2. The summed E-state index contributed by atoms with van der Waals surface area (Å²) in [5.41, 5.74) is 0.460. The minimum Gasteiger partial charge on any atom is -0.493 e. The predicted octanol–water partition coefficient (Wildman–Crippen LogP) is 3.98. The number of methoxy groups -OCH3 is 2. The first-order chi connectivity index (χ1) is 15.4. The lowest BCUT2D eigenvalue weighted by Gasteiger charge is -2.56. The summed E-state index contributed by atoms with van der Waals surface area (Å²) in [6, 6.07) is 12.3. The van der Waals surface area contributed by atoms with Gasteiger partial charge in [0.05, 0.1) is 13.2 Å². The summed E-state index contributed by atoms with van der Waals surface area (Å²) < 4.78 is 17.3. The number of nitrogens with one attached hydrogen (secondary N) is 2. The van der Waals surface area contributed by atoms with Crippen molar-refractivity contribution in [2.75, 3.05) is 32.7 Å². The highest BCUT2D eigenvalue weighted by Gasteiger charge is 2.58. The Morgan fingerprint density at radius 1 is 1.28 bits per heavy atom. The lowest BCUT2D eigenvalue weighted by atomic mass is 9.78. The third kappa shape index (κ3) is 3.98. The molecule has 0 aliphatic carbocycles. The average Bonchev–Trinajstić information content (AvgIpc) is 2.77. The number of hydrogen-bond donors (Lipinski definition) is 2. The molecule has 7 nitrogen and oxygen atoms in total. The van der Waals surface area contributed by atoms with Crippen molar-refractivity contribution in [2.24, 2.45) is 5.92 Å². The van der Waals surface area contributed by atoms with E-state index in [2.05, 4.69) is 10.6 Å². The van der Waals surface area contributed by atoms with Gasteiger partial charge in [0.2, 0.25) is 5.91 Å². The maximum Gasteiger partial charge on any atom is 0.236 e. The summed E-state index contributed by atoms with van der Waals surface area (Å²) in [6.45, 7) is 3.04. The molecule has 2 aliphatic rings. The van der Waals surface area contributed by atoms with E-state index in [0.29, 0.717) is 40.5 Å². The molecule has 2 aliphatic heterocycles. The van der Waals surface area contributed by atoms with Crippen molar-refractivity contribution in [1.29, 1.82) is 0 Å². The van der Waals surface area contributed by atoms with E-state index in [4.69, 9.17) is 38.0 Å². The minimum atomic E-state index is -1.03. The van der Waals surface area contributed by atoms with Crippen LogP contribution in [0.25, 0.3) is 0 Å². The second kappa shape index (κ2) is 9.13. The molecule has 2 heterocycles. The molecule has 0 spiro atoms. The first kappa shape index (κ1) is 22.6. The average molecular weight is 476 g/mol. The zero-order valence-electron chi connectivity index (χ0n) is 18.2. The van der Waals surface area contributed by atoms with E-state index >= 15 is 0 Å². The summed E-state index contributed by atoms with van der Waals surface area (Å²) in [5, 5.41) is 7.54. The summed E-state index contributed by atoms with van der Waals surface area (Å²) in [4.78, 5) is 15.6. The molecule has 2 bridgehead atoms. The number of ether oxygens (including phenoxy) is 3. The predicted molar refractivity (Wildman–Crippen MR) is 127 cm³/mol. The van der Waals surface area contributed by atoms with Crippen LogP contribution in [-0.4, -0.2) is 49.0 Å². The molecule has 32 heavy (non-hydrogen) atoms. The molecule has 3 unspecified atom stereocenters. The summed E-state index contributed by atoms with van der Waals surface area (Å²) in [6.07, 6.45) is 0.728. The van der Waals surface area contributed by atoms with Crippen LogP contribution < -0.4 is 20.1 Å². The van der Waals surface area contributed by atoms with Gasteiger partial charge < -0.3 is 29.7 Å². The maximum absolute atomic E-state index is 13.6. The number of fused-ring (bicyclic) bond motifs is 4. The fourth-order valence-electron chi connectivity index (χ4n) is 4.44. The summed E-state index contributed by atoms with van der Waals surface area (Å²) in [5.74, 6) is 0.457. The Balaban J connectivity index is 1.75. The Morgan fingerprint density at radius 3 is 2.72 bits per heavy atom. The molecule has 2 aromatic carbocycles. The number of halogens is 1. The number of hydrogen-bond acceptors (Lipinski definition) is 5. The van der Waals surface area contributed by atoms with Gasteiger partial charge in [-0.1, -0.05) is 23.7 Å². The second-order valence-corrected chi connectivity index (χ2v) is 8.76. The number of amides is 1. The van der Waals surface area contributed by atoms with Crippen LogP contribution in [0.3, 0.4) is 0 Å². The van der Waals surface area contributed by atoms with Crippen molar-refractivity contribution in [1.82, 2.24) is 10.2 Å². The minimum absolute atomic E-state index is 0.181. The van der Waals surface area contributed by atoms with Crippen molar-refractivity contribution in [3.63, 3.8) is 0 Å². The molecule has 9 heteroatoms. The number of carbonyl (C=O) groups excluding carboxylic acids is 1. The molecular weight excluding hydrogens is 450 g/mol. The van der Waals surface area contributed by atoms with Gasteiger partial charge in [-0.15, -0.1) is 0 Å². The fraction of sp³-hybridized carbons (Fsp3) is 0.391. The van der Waals surface area contributed by atoms with Crippen LogP contribution in [0.5, 0.6) is 11.5 Å². The van der Waals surface area contributed by atoms with Crippen molar-refractivity contribution in [2.45, 2.75) is 25.1 Å². The van der Waals surface area contributed by atoms with Crippen LogP contribution >= 0.6 is 23.8 Å². The molecule has 0 saturated carbocycles. The Hall–Kier alpha value is -2.55. The van der Waals surface area contributed by atoms with E-state index in [1.54, 1.807) is 38.5 Å². The van der Waals surface area contributed by atoms with E-state index in [1.807, 2.05) is 30.0 Å². The van der Waals surface area contributed by atoms with Crippen molar-refractivity contribution >= 4 is 40.5 Å². The van der Waals surface area contributed by atoms with Crippen molar-refractivity contribution in [3.8, 4) is 11.5 Å². The topological polar surface area (TPSA) is 72.1 Å². The van der Waals surface area contributed by atoms with Gasteiger partial charge in [-0.05, 0) is 55.9 Å². The normalized spacial score (nSPS) is 23.6. The van der Waals surface area contributed by atoms with E-state index < -0.39 is 11.6 Å². The molecule has 3 atom stereocenters. The first-order valence-electron chi connectivity index (χ1n) is 10.4. The smallest absolute Gasteiger partial charge is 0.236 e.